The number of nitrogens with zero attached hydrogens (tertiary/aromatic N) is 2. The summed E-state index contributed by atoms with van der Waals surface area (Å²) in [5.41, 5.74) is 4.85. The van der Waals surface area contributed by atoms with Crippen LogP contribution in [0.4, 0.5) is 10.1 Å². The molecule has 4 aromatic rings. The average Bonchev–Trinajstić information content (AvgIpc) is 3.76. The van der Waals surface area contributed by atoms with Gasteiger partial charge in [0.2, 0.25) is 11.8 Å². The van der Waals surface area contributed by atoms with Crippen LogP contribution in [0.15, 0.2) is 102 Å². The maximum Gasteiger partial charge on any atom is 0.260 e. The summed E-state index contributed by atoms with van der Waals surface area (Å²) in [7, 11) is 0. The van der Waals surface area contributed by atoms with Crippen LogP contribution in [0, 0.1) is 36.4 Å². The number of allylic oxidation sites excluding steroid dienone is 2. The van der Waals surface area contributed by atoms with Crippen molar-refractivity contribution in [3.63, 3.8) is 0 Å². The molecule has 6 unspecified atom stereocenters. The first-order valence-corrected chi connectivity index (χ1v) is 16.9. The van der Waals surface area contributed by atoms with Crippen LogP contribution in [0.2, 0.25) is 0 Å². The molecule has 2 N–H and O–H groups in total. The Balaban J connectivity index is 1.30. The first-order chi connectivity index (χ1) is 23.2. The second kappa shape index (κ2) is 11.3. The molecule has 3 fully saturated rings. The molecule has 0 spiro atoms. The number of hydrogen-bond acceptors (Lipinski definition) is 7. The van der Waals surface area contributed by atoms with Crippen molar-refractivity contribution < 1.29 is 28.7 Å². The number of hydrazine groups is 1. The van der Waals surface area contributed by atoms with E-state index in [-0.39, 0.29) is 31.2 Å². The molecule has 3 heterocycles. The van der Waals surface area contributed by atoms with Crippen molar-refractivity contribution in [1.82, 2.24) is 9.91 Å². The van der Waals surface area contributed by atoms with Gasteiger partial charge in [-0.2, -0.15) is 5.01 Å². The SMILES string of the molecule is Cc1ccc(NN2C(=O)C3CC4C(=CCC5C(=O)N(Cc6cccs6)C(=O)C54)C(c4ccc(O)c(F)c4)C3(c3ccccc3)C2=O)cc1. The lowest BCUT2D eigenvalue weighted by Crippen LogP contribution is -2.53. The highest BCUT2D eigenvalue weighted by atomic mass is 32.1. The minimum atomic E-state index is -1.50. The van der Waals surface area contributed by atoms with E-state index in [9.17, 15) is 19.5 Å². The molecular weight excluding hydrogens is 629 g/mol. The van der Waals surface area contributed by atoms with Gasteiger partial charge in [0, 0.05) is 10.8 Å². The quantitative estimate of drug-likeness (QED) is 0.192. The van der Waals surface area contributed by atoms with E-state index in [0.717, 1.165) is 21.0 Å². The van der Waals surface area contributed by atoms with E-state index in [1.54, 1.807) is 18.2 Å². The van der Waals surface area contributed by atoms with Gasteiger partial charge in [-0.25, -0.2) is 4.39 Å². The van der Waals surface area contributed by atoms with Crippen LogP contribution in [0.5, 0.6) is 5.75 Å². The van der Waals surface area contributed by atoms with E-state index in [0.29, 0.717) is 16.8 Å². The van der Waals surface area contributed by atoms with Gasteiger partial charge in [-0.05, 0) is 72.5 Å². The number of nitrogens with one attached hydrogen (secondary N) is 1. The van der Waals surface area contributed by atoms with Crippen molar-refractivity contribution in [3.8, 4) is 5.75 Å². The zero-order valence-electron chi connectivity index (χ0n) is 26.0. The van der Waals surface area contributed by atoms with Gasteiger partial charge in [0.25, 0.3) is 11.8 Å². The van der Waals surface area contributed by atoms with Crippen molar-refractivity contribution in [1.29, 1.82) is 0 Å². The predicted molar refractivity (Wildman–Crippen MR) is 177 cm³/mol. The number of amides is 4. The minimum absolute atomic E-state index is 0.154. The third-order valence-corrected chi connectivity index (χ3v) is 11.5. The minimum Gasteiger partial charge on any atom is -0.505 e. The fourth-order valence-electron chi connectivity index (χ4n) is 8.60. The summed E-state index contributed by atoms with van der Waals surface area (Å²) in [6.45, 7) is 2.12. The molecule has 1 aromatic heterocycles. The number of rotatable bonds is 6. The van der Waals surface area contributed by atoms with Gasteiger partial charge in [-0.3, -0.25) is 29.5 Å². The van der Waals surface area contributed by atoms with Crippen molar-refractivity contribution in [2.75, 3.05) is 5.43 Å². The summed E-state index contributed by atoms with van der Waals surface area (Å²) in [6.07, 6.45) is 2.37. The molecule has 6 atom stereocenters. The molecule has 242 valence electrons. The lowest BCUT2D eigenvalue weighted by molar-refractivity contribution is -0.141. The van der Waals surface area contributed by atoms with E-state index in [4.69, 9.17) is 0 Å². The number of anilines is 1. The maximum atomic E-state index is 15.2. The van der Waals surface area contributed by atoms with Crippen LogP contribution in [0.1, 0.15) is 40.3 Å². The molecule has 10 heteroatoms. The second-order valence-electron chi connectivity index (χ2n) is 13.1. The fraction of sp³-hybridized carbons (Fsp3) is 0.263. The summed E-state index contributed by atoms with van der Waals surface area (Å²) >= 11 is 1.47. The predicted octanol–water partition coefficient (Wildman–Crippen LogP) is 6.09. The van der Waals surface area contributed by atoms with Crippen molar-refractivity contribution in [3.05, 3.63) is 129 Å². The topological polar surface area (TPSA) is 107 Å². The van der Waals surface area contributed by atoms with Crippen LogP contribution in [0.25, 0.3) is 0 Å². The number of phenolic OH excluding ortho intramolecular Hbond substituents is 1. The summed E-state index contributed by atoms with van der Waals surface area (Å²) in [5, 5.41) is 13.1. The van der Waals surface area contributed by atoms with Crippen molar-refractivity contribution >= 4 is 40.7 Å². The monoisotopic (exact) mass is 661 g/mol. The first kappa shape index (κ1) is 30.3. The van der Waals surface area contributed by atoms with Crippen LogP contribution < -0.4 is 5.43 Å². The number of carbonyl (C=O) groups excluding carboxylic acids is 4. The van der Waals surface area contributed by atoms with Crippen LogP contribution in [-0.4, -0.2) is 38.6 Å². The number of likely N-dealkylation sites (tertiary alicyclic amines) is 1. The van der Waals surface area contributed by atoms with Gasteiger partial charge in [-0.15, -0.1) is 11.3 Å². The maximum absolute atomic E-state index is 15.2. The Bertz CT molecular complexity index is 2000. The largest absolute Gasteiger partial charge is 0.505 e. The Kier molecular flexibility index (Phi) is 7.10. The Morgan fingerprint density at radius 3 is 2.40 bits per heavy atom. The molecule has 2 saturated heterocycles. The number of phenols is 1. The van der Waals surface area contributed by atoms with Crippen molar-refractivity contribution in [2.24, 2.45) is 23.7 Å². The zero-order valence-corrected chi connectivity index (χ0v) is 26.8. The molecule has 2 aliphatic heterocycles. The number of benzene rings is 3. The third kappa shape index (κ3) is 4.38. The van der Waals surface area contributed by atoms with Crippen LogP contribution in [0.3, 0.4) is 0 Å². The number of aromatic hydroxyl groups is 1. The Hall–Kier alpha value is -5.09. The van der Waals surface area contributed by atoms with Gasteiger partial charge in [0.1, 0.15) is 0 Å². The van der Waals surface area contributed by atoms with Gasteiger partial charge in [0.15, 0.2) is 11.6 Å². The second-order valence-corrected chi connectivity index (χ2v) is 14.2. The Morgan fingerprint density at radius 2 is 1.69 bits per heavy atom. The summed E-state index contributed by atoms with van der Waals surface area (Å²) in [5.74, 6) is -6.54. The van der Waals surface area contributed by atoms with Gasteiger partial charge >= 0.3 is 0 Å². The highest BCUT2D eigenvalue weighted by molar-refractivity contribution is 7.09. The van der Waals surface area contributed by atoms with Crippen LogP contribution in [-0.2, 0) is 31.1 Å². The standard InChI is InChI=1S/C38H32FN3O5S/c1-21-9-12-24(13-10-21)40-42-35(45)29-19-28-26(14-15-27-32(28)36(46)41(34(27)44)20-25-8-5-17-48-25)33(22-11-16-31(43)30(39)18-22)38(29,37(42)47)23-6-3-2-4-7-23/h2-14,16-18,27-29,32-33,40,43H,15,19-20H2,1H3. The molecule has 0 radical (unpaired) electrons. The highest BCUT2D eigenvalue weighted by Crippen LogP contribution is 2.64. The lowest BCUT2D eigenvalue weighted by atomic mass is 9.49. The van der Waals surface area contributed by atoms with E-state index < -0.39 is 58.4 Å². The summed E-state index contributed by atoms with van der Waals surface area (Å²) in [6, 6.07) is 24.2. The van der Waals surface area contributed by atoms with E-state index in [1.165, 1.54) is 28.4 Å². The van der Waals surface area contributed by atoms with Gasteiger partial charge in [-0.1, -0.05) is 71.8 Å². The van der Waals surface area contributed by atoms with Gasteiger partial charge < -0.3 is 5.11 Å². The number of carbonyl (C=O) groups is 4. The zero-order chi connectivity index (χ0) is 33.3. The molecule has 8 rings (SSSR count). The number of thiophene rings is 1. The third-order valence-electron chi connectivity index (χ3n) is 10.7. The molecule has 4 amide bonds. The molecule has 2 aliphatic carbocycles. The number of aryl methyl sites for hydroxylation is 1. The Morgan fingerprint density at radius 1 is 0.917 bits per heavy atom. The van der Waals surface area contributed by atoms with Crippen LogP contribution >= 0.6 is 11.3 Å². The molecule has 8 nitrogen and oxygen atoms in total. The van der Waals surface area contributed by atoms with Crippen molar-refractivity contribution in [2.45, 2.75) is 37.6 Å². The smallest absolute Gasteiger partial charge is 0.260 e. The van der Waals surface area contributed by atoms with E-state index in [2.05, 4.69) is 5.43 Å². The molecular formula is C38H32FN3O5S. The molecule has 3 aromatic carbocycles. The number of hydrogen-bond donors (Lipinski definition) is 2. The number of halogens is 1. The van der Waals surface area contributed by atoms with E-state index in [1.807, 2.05) is 73.0 Å². The summed E-state index contributed by atoms with van der Waals surface area (Å²) in [4.78, 5) is 59.9. The lowest BCUT2D eigenvalue weighted by Gasteiger charge is -2.50. The molecule has 0 bridgehead atoms. The summed E-state index contributed by atoms with van der Waals surface area (Å²) < 4.78 is 15.2. The number of imide groups is 2. The van der Waals surface area contributed by atoms with E-state index >= 15 is 9.18 Å². The first-order valence-electron chi connectivity index (χ1n) is 16.0. The highest BCUT2D eigenvalue weighted by Gasteiger charge is 2.70. The fourth-order valence-corrected chi connectivity index (χ4v) is 9.30. The average molecular weight is 662 g/mol. The molecule has 4 aliphatic rings. The normalized spacial score (nSPS) is 27.9. The molecule has 1 saturated carbocycles. The molecule has 48 heavy (non-hydrogen) atoms. The number of fused-ring (bicyclic) bond motifs is 4. The Labute approximate surface area is 280 Å². The van der Waals surface area contributed by atoms with Gasteiger partial charge in [0.05, 0.1) is 35.4 Å².